The standard InChI is InChI=1S/C60H42N6/c1-60(2)48-22-12-9-19-43(48)44-31-30-42(36-49(44)60)65-52-24-14-11-21-47(52)55-54(65)34-32-46-45-20-10-13-23-51(45)66(56(46)55)53-33-29-41(35-50(53)61)59-63-57(39-17-7-4-8-18-39)62-58(64-59)40-27-25-38(26-28-40)37-15-5-3-6-16-37/h3-36H,61H2,1-2H3. The first-order chi connectivity index (χ1) is 32.4. The van der Waals surface area contributed by atoms with Crippen LogP contribution in [-0.2, 0) is 5.41 Å². The summed E-state index contributed by atoms with van der Waals surface area (Å²) in [4.78, 5) is 15.2. The molecule has 3 aromatic heterocycles. The van der Waals surface area contributed by atoms with Crippen LogP contribution in [-0.4, -0.2) is 24.1 Å². The van der Waals surface area contributed by atoms with Gasteiger partial charge in [0.1, 0.15) is 0 Å². The molecule has 3 heterocycles. The molecule has 2 N–H and O–H groups in total. The smallest absolute Gasteiger partial charge is 0.164 e. The number of hydrogen-bond donors (Lipinski definition) is 1. The SMILES string of the molecule is CC1(C)c2ccccc2-c2ccc(-n3c4ccccc4c4c3ccc3c5ccccc5n(-c5ccc(-c6nc(-c7ccccc7)nc(-c7ccc(-c8ccccc8)cc7)n6)cc5N)c34)cc21. The van der Waals surface area contributed by atoms with Crippen LogP contribution in [0.5, 0.6) is 0 Å². The van der Waals surface area contributed by atoms with Gasteiger partial charge in [-0.2, -0.15) is 0 Å². The maximum Gasteiger partial charge on any atom is 0.164 e. The number of nitrogens with zero attached hydrogens (tertiary/aromatic N) is 5. The fourth-order valence-corrected chi connectivity index (χ4v) is 10.6. The van der Waals surface area contributed by atoms with Crippen molar-refractivity contribution < 1.29 is 0 Å². The van der Waals surface area contributed by atoms with Gasteiger partial charge in [0.25, 0.3) is 0 Å². The molecule has 0 aliphatic heterocycles. The van der Waals surface area contributed by atoms with Gasteiger partial charge in [-0.1, -0.05) is 172 Å². The number of anilines is 1. The minimum atomic E-state index is -0.121. The van der Waals surface area contributed by atoms with Gasteiger partial charge in [0, 0.05) is 49.3 Å². The summed E-state index contributed by atoms with van der Waals surface area (Å²) in [6.45, 7) is 4.69. The average Bonchev–Trinajstić information content (AvgIpc) is 3.97. The lowest BCUT2D eigenvalue weighted by Crippen LogP contribution is -2.15. The molecule has 0 bridgehead atoms. The highest BCUT2D eigenvalue weighted by molar-refractivity contribution is 6.26. The van der Waals surface area contributed by atoms with Gasteiger partial charge in [-0.05, 0) is 81.9 Å². The maximum atomic E-state index is 7.27. The van der Waals surface area contributed by atoms with Crippen molar-refractivity contribution in [1.29, 1.82) is 0 Å². The fourth-order valence-electron chi connectivity index (χ4n) is 10.6. The lowest BCUT2D eigenvalue weighted by molar-refractivity contribution is 0.660. The maximum absolute atomic E-state index is 7.27. The van der Waals surface area contributed by atoms with Crippen LogP contribution < -0.4 is 5.73 Å². The van der Waals surface area contributed by atoms with Crippen molar-refractivity contribution in [3.05, 3.63) is 217 Å². The summed E-state index contributed by atoms with van der Waals surface area (Å²) < 4.78 is 4.80. The molecular weight excluding hydrogens is 805 g/mol. The monoisotopic (exact) mass is 846 g/mol. The average molecular weight is 847 g/mol. The Hall–Kier alpha value is -8.61. The number of benzene rings is 9. The highest BCUT2D eigenvalue weighted by Gasteiger charge is 2.35. The number of nitrogen functional groups attached to an aromatic ring is 1. The van der Waals surface area contributed by atoms with Crippen molar-refractivity contribution in [2.75, 3.05) is 5.73 Å². The topological polar surface area (TPSA) is 74.5 Å². The molecule has 0 spiro atoms. The van der Waals surface area contributed by atoms with Crippen LogP contribution in [0.1, 0.15) is 25.0 Å². The van der Waals surface area contributed by atoms with Crippen LogP contribution in [0.2, 0.25) is 0 Å². The van der Waals surface area contributed by atoms with Crippen molar-refractivity contribution in [2.45, 2.75) is 19.3 Å². The third-order valence-electron chi connectivity index (χ3n) is 13.7. The molecule has 0 fully saturated rings. The summed E-state index contributed by atoms with van der Waals surface area (Å²) >= 11 is 0. The van der Waals surface area contributed by atoms with Gasteiger partial charge in [0.15, 0.2) is 17.5 Å². The minimum Gasteiger partial charge on any atom is -0.397 e. The molecule has 0 atom stereocenters. The number of para-hydroxylation sites is 2. The molecule has 66 heavy (non-hydrogen) atoms. The summed E-state index contributed by atoms with van der Waals surface area (Å²) in [5.74, 6) is 1.75. The highest BCUT2D eigenvalue weighted by atomic mass is 15.0. The molecule has 0 saturated heterocycles. The van der Waals surface area contributed by atoms with Gasteiger partial charge in [-0.15, -0.1) is 0 Å². The molecular formula is C60H42N6. The van der Waals surface area contributed by atoms with Crippen LogP contribution in [0, 0.1) is 0 Å². The molecule has 0 amide bonds. The largest absolute Gasteiger partial charge is 0.397 e. The lowest BCUT2D eigenvalue weighted by Gasteiger charge is -2.22. The zero-order chi connectivity index (χ0) is 44.1. The minimum absolute atomic E-state index is 0.121. The second kappa shape index (κ2) is 14.5. The number of fused-ring (bicyclic) bond motifs is 10. The van der Waals surface area contributed by atoms with E-state index < -0.39 is 0 Å². The Morgan fingerprint density at radius 1 is 0.394 bits per heavy atom. The molecule has 13 rings (SSSR count). The number of rotatable bonds is 6. The van der Waals surface area contributed by atoms with E-state index in [1.54, 1.807) is 0 Å². The molecule has 312 valence electrons. The first-order valence-corrected chi connectivity index (χ1v) is 22.5. The van der Waals surface area contributed by atoms with Crippen molar-refractivity contribution in [3.8, 4) is 67.8 Å². The van der Waals surface area contributed by atoms with E-state index in [2.05, 4.69) is 187 Å². The Labute approximate surface area is 381 Å². The molecule has 0 saturated carbocycles. The normalized spacial score (nSPS) is 12.9. The summed E-state index contributed by atoms with van der Waals surface area (Å²) in [6.07, 6.45) is 0. The van der Waals surface area contributed by atoms with E-state index in [-0.39, 0.29) is 5.41 Å². The van der Waals surface area contributed by atoms with E-state index in [0.717, 1.165) is 61.3 Å². The molecule has 12 aromatic rings. The van der Waals surface area contributed by atoms with E-state index in [4.69, 9.17) is 20.7 Å². The zero-order valence-corrected chi connectivity index (χ0v) is 36.4. The van der Waals surface area contributed by atoms with Crippen LogP contribution in [0.3, 0.4) is 0 Å². The Balaban J connectivity index is 0.984. The number of nitrogens with two attached hydrogens (primary N) is 1. The van der Waals surface area contributed by atoms with Gasteiger partial charge < -0.3 is 14.9 Å². The van der Waals surface area contributed by atoms with Crippen molar-refractivity contribution >= 4 is 49.3 Å². The predicted molar refractivity (Wildman–Crippen MR) is 272 cm³/mol. The highest BCUT2D eigenvalue weighted by Crippen LogP contribution is 2.50. The van der Waals surface area contributed by atoms with Gasteiger partial charge in [-0.3, -0.25) is 0 Å². The van der Waals surface area contributed by atoms with Crippen molar-refractivity contribution in [1.82, 2.24) is 24.1 Å². The quantitative estimate of drug-likeness (QED) is 0.169. The van der Waals surface area contributed by atoms with Gasteiger partial charge in [0.05, 0.1) is 33.4 Å². The first kappa shape index (κ1) is 37.9. The Bertz CT molecular complexity index is 3900. The van der Waals surface area contributed by atoms with E-state index in [0.29, 0.717) is 23.2 Å². The Morgan fingerprint density at radius 3 is 1.67 bits per heavy atom. The lowest BCUT2D eigenvalue weighted by atomic mass is 9.82. The molecule has 6 heteroatoms. The van der Waals surface area contributed by atoms with Crippen LogP contribution in [0.4, 0.5) is 5.69 Å². The Morgan fingerprint density at radius 2 is 0.939 bits per heavy atom. The third kappa shape index (κ3) is 5.71. The molecule has 0 radical (unpaired) electrons. The molecule has 1 aliphatic rings. The second-order valence-electron chi connectivity index (χ2n) is 17.9. The first-order valence-electron chi connectivity index (χ1n) is 22.5. The van der Waals surface area contributed by atoms with E-state index in [1.807, 2.05) is 42.5 Å². The zero-order valence-electron chi connectivity index (χ0n) is 36.4. The Kier molecular flexibility index (Phi) is 8.30. The number of aromatic nitrogens is 5. The summed E-state index contributed by atoms with van der Waals surface area (Å²) in [5.41, 5.74) is 24.6. The second-order valence-corrected chi connectivity index (χ2v) is 17.9. The van der Waals surface area contributed by atoms with Gasteiger partial charge in [-0.25, -0.2) is 15.0 Å². The molecule has 9 aromatic carbocycles. The van der Waals surface area contributed by atoms with E-state index in [9.17, 15) is 0 Å². The van der Waals surface area contributed by atoms with E-state index in [1.165, 1.54) is 43.8 Å². The van der Waals surface area contributed by atoms with E-state index >= 15 is 0 Å². The van der Waals surface area contributed by atoms with Crippen molar-refractivity contribution in [2.24, 2.45) is 0 Å². The fraction of sp³-hybridized carbons (Fsp3) is 0.0500. The molecule has 0 unspecified atom stereocenters. The van der Waals surface area contributed by atoms with Crippen LogP contribution >= 0.6 is 0 Å². The van der Waals surface area contributed by atoms with Crippen LogP contribution in [0.25, 0.3) is 111 Å². The van der Waals surface area contributed by atoms with Gasteiger partial charge >= 0.3 is 0 Å². The molecule has 6 nitrogen and oxygen atoms in total. The summed E-state index contributed by atoms with van der Waals surface area (Å²) in [5, 5.41) is 4.70. The third-order valence-corrected chi connectivity index (χ3v) is 13.7. The van der Waals surface area contributed by atoms with Crippen molar-refractivity contribution in [3.63, 3.8) is 0 Å². The summed E-state index contributed by atoms with van der Waals surface area (Å²) in [7, 11) is 0. The molecule has 1 aliphatic carbocycles. The van der Waals surface area contributed by atoms with Crippen LogP contribution in [0.15, 0.2) is 206 Å². The van der Waals surface area contributed by atoms with Gasteiger partial charge in [0.2, 0.25) is 0 Å². The summed E-state index contributed by atoms with van der Waals surface area (Å²) in [6, 6.07) is 72.9. The predicted octanol–water partition coefficient (Wildman–Crippen LogP) is 14.6. The number of hydrogen-bond acceptors (Lipinski definition) is 4.